The van der Waals surface area contributed by atoms with Gasteiger partial charge in [0.2, 0.25) is 0 Å². The number of hydrogen-bond acceptors (Lipinski definition) is 2. The van der Waals surface area contributed by atoms with Crippen LogP contribution in [-0.2, 0) is 26.6 Å². The molecule has 0 bridgehead atoms. The number of nitrogens with zero attached hydrogens (tertiary/aromatic N) is 2. The molecule has 1 unspecified atom stereocenters. The van der Waals surface area contributed by atoms with Crippen molar-refractivity contribution in [3.8, 4) is 0 Å². The summed E-state index contributed by atoms with van der Waals surface area (Å²) in [7, 11) is 2.19. The predicted molar refractivity (Wildman–Crippen MR) is 89.4 cm³/mol. The zero-order valence-corrected chi connectivity index (χ0v) is 13.7. The number of hydrogen-bond donors (Lipinski definition) is 1. The molecule has 0 amide bonds. The smallest absolute Gasteiger partial charge is 0.0486 e. The van der Waals surface area contributed by atoms with Gasteiger partial charge in [-0.1, -0.05) is 13.8 Å². The minimum atomic E-state index is 0.537. The van der Waals surface area contributed by atoms with Gasteiger partial charge in [-0.3, -0.25) is 4.90 Å². The molecule has 114 valence electrons. The molecule has 1 aliphatic rings. The zero-order valence-electron chi connectivity index (χ0n) is 13.7. The minimum absolute atomic E-state index is 0.537. The number of aromatic nitrogens is 1. The molecular formula is C18H27N3. The standard InChI is InChI=1S/C18H27N3/c1-5-21-10-14-7-17-16(6-12(2)9-19)13(3)20(4)18(17)8-15(14)11-21/h7-8,12H,5-6,9-11,19H2,1-4H3. The van der Waals surface area contributed by atoms with E-state index in [2.05, 4.69) is 49.4 Å². The molecule has 1 aromatic carbocycles. The molecular weight excluding hydrogens is 258 g/mol. The van der Waals surface area contributed by atoms with E-state index in [1.165, 1.54) is 33.3 Å². The quantitative estimate of drug-likeness (QED) is 0.937. The van der Waals surface area contributed by atoms with Crippen molar-refractivity contribution in [1.82, 2.24) is 9.47 Å². The van der Waals surface area contributed by atoms with Gasteiger partial charge in [0.1, 0.15) is 0 Å². The molecule has 2 heterocycles. The Morgan fingerprint density at radius 1 is 1.24 bits per heavy atom. The van der Waals surface area contributed by atoms with E-state index in [9.17, 15) is 0 Å². The van der Waals surface area contributed by atoms with E-state index in [0.717, 1.165) is 32.6 Å². The molecule has 0 saturated heterocycles. The molecule has 0 radical (unpaired) electrons. The van der Waals surface area contributed by atoms with E-state index < -0.39 is 0 Å². The summed E-state index contributed by atoms with van der Waals surface area (Å²) in [6.07, 6.45) is 1.08. The van der Waals surface area contributed by atoms with Crippen molar-refractivity contribution in [2.24, 2.45) is 18.7 Å². The Morgan fingerprint density at radius 3 is 2.52 bits per heavy atom. The molecule has 0 saturated carbocycles. The predicted octanol–water partition coefficient (Wildman–Crippen LogP) is 2.96. The van der Waals surface area contributed by atoms with E-state index >= 15 is 0 Å². The summed E-state index contributed by atoms with van der Waals surface area (Å²) in [4.78, 5) is 2.50. The van der Waals surface area contributed by atoms with Gasteiger partial charge in [0.25, 0.3) is 0 Å². The monoisotopic (exact) mass is 285 g/mol. The third-order valence-electron chi connectivity index (χ3n) is 5.13. The van der Waals surface area contributed by atoms with Crippen LogP contribution < -0.4 is 5.73 Å². The lowest BCUT2D eigenvalue weighted by molar-refractivity contribution is 0.301. The maximum Gasteiger partial charge on any atom is 0.0486 e. The first-order chi connectivity index (χ1) is 10.0. The first-order valence-corrected chi connectivity index (χ1v) is 8.07. The molecule has 3 rings (SSSR count). The van der Waals surface area contributed by atoms with Crippen molar-refractivity contribution in [2.45, 2.75) is 40.3 Å². The lowest BCUT2D eigenvalue weighted by atomic mass is 9.97. The molecule has 0 spiro atoms. The van der Waals surface area contributed by atoms with Gasteiger partial charge < -0.3 is 10.3 Å². The van der Waals surface area contributed by atoms with Crippen LogP contribution in [0.25, 0.3) is 10.9 Å². The SMILES string of the molecule is CCN1Cc2cc3c(CC(C)CN)c(C)n(C)c3cc2C1. The van der Waals surface area contributed by atoms with Gasteiger partial charge in [0, 0.05) is 36.7 Å². The molecule has 2 N–H and O–H groups in total. The van der Waals surface area contributed by atoms with Crippen LogP contribution in [0.5, 0.6) is 0 Å². The fraction of sp³-hybridized carbons (Fsp3) is 0.556. The fourth-order valence-corrected chi connectivity index (χ4v) is 3.52. The van der Waals surface area contributed by atoms with Crippen LogP contribution in [0.4, 0.5) is 0 Å². The van der Waals surface area contributed by atoms with Gasteiger partial charge in [0.05, 0.1) is 0 Å². The molecule has 21 heavy (non-hydrogen) atoms. The molecule has 3 heteroatoms. The topological polar surface area (TPSA) is 34.2 Å². The first-order valence-electron chi connectivity index (χ1n) is 8.07. The molecule has 3 nitrogen and oxygen atoms in total. The maximum absolute atomic E-state index is 5.83. The Hall–Kier alpha value is -1.32. The number of aryl methyl sites for hydroxylation is 1. The van der Waals surface area contributed by atoms with E-state index in [-0.39, 0.29) is 0 Å². The summed E-state index contributed by atoms with van der Waals surface area (Å²) >= 11 is 0. The number of fused-ring (bicyclic) bond motifs is 2. The number of rotatable bonds is 4. The second-order valence-electron chi connectivity index (χ2n) is 6.61. The summed E-state index contributed by atoms with van der Waals surface area (Å²) in [5.74, 6) is 0.537. The summed E-state index contributed by atoms with van der Waals surface area (Å²) in [6.45, 7) is 10.8. The average molecular weight is 285 g/mol. The highest BCUT2D eigenvalue weighted by molar-refractivity contribution is 5.87. The Kier molecular flexibility index (Phi) is 3.80. The van der Waals surface area contributed by atoms with E-state index in [1.807, 2.05) is 0 Å². The number of benzene rings is 1. The van der Waals surface area contributed by atoms with Crippen molar-refractivity contribution in [1.29, 1.82) is 0 Å². The van der Waals surface area contributed by atoms with Crippen LogP contribution in [-0.4, -0.2) is 22.6 Å². The summed E-state index contributed by atoms with van der Waals surface area (Å²) in [5.41, 5.74) is 13.1. The van der Waals surface area contributed by atoms with Crippen molar-refractivity contribution >= 4 is 10.9 Å². The second-order valence-corrected chi connectivity index (χ2v) is 6.61. The van der Waals surface area contributed by atoms with Crippen molar-refractivity contribution < 1.29 is 0 Å². The highest BCUT2D eigenvalue weighted by Crippen LogP contribution is 2.33. The summed E-state index contributed by atoms with van der Waals surface area (Å²) in [5, 5.41) is 1.44. The van der Waals surface area contributed by atoms with Gasteiger partial charge in [-0.15, -0.1) is 0 Å². The van der Waals surface area contributed by atoms with Gasteiger partial charge >= 0.3 is 0 Å². The van der Waals surface area contributed by atoms with E-state index in [4.69, 9.17) is 5.73 Å². The average Bonchev–Trinajstić information content (AvgIpc) is 2.99. The van der Waals surface area contributed by atoms with E-state index in [0.29, 0.717) is 5.92 Å². The third-order valence-corrected chi connectivity index (χ3v) is 5.13. The van der Waals surface area contributed by atoms with Crippen molar-refractivity contribution in [2.75, 3.05) is 13.1 Å². The largest absolute Gasteiger partial charge is 0.348 e. The normalized spacial score (nSPS) is 16.6. The Balaban J connectivity index is 2.10. The van der Waals surface area contributed by atoms with E-state index in [1.54, 1.807) is 0 Å². The highest BCUT2D eigenvalue weighted by atomic mass is 15.1. The van der Waals surface area contributed by atoms with Crippen LogP contribution in [0.1, 0.15) is 36.2 Å². The van der Waals surface area contributed by atoms with Gasteiger partial charge in [0.15, 0.2) is 0 Å². The van der Waals surface area contributed by atoms with Crippen LogP contribution >= 0.6 is 0 Å². The molecule has 0 aliphatic carbocycles. The van der Waals surface area contributed by atoms with Crippen LogP contribution in [0.3, 0.4) is 0 Å². The van der Waals surface area contributed by atoms with Crippen LogP contribution in [0.15, 0.2) is 12.1 Å². The third kappa shape index (κ3) is 2.39. The highest BCUT2D eigenvalue weighted by Gasteiger charge is 2.21. The number of nitrogens with two attached hydrogens (primary N) is 1. The lowest BCUT2D eigenvalue weighted by Crippen LogP contribution is -2.14. The van der Waals surface area contributed by atoms with Crippen molar-refractivity contribution in [3.05, 3.63) is 34.5 Å². The molecule has 1 aromatic heterocycles. The summed E-state index contributed by atoms with van der Waals surface area (Å²) < 4.78 is 2.35. The maximum atomic E-state index is 5.83. The Morgan fingerprint density at radius 2 is 1.90 bits per heavy atom. The Labute approximate surface area is 127 Å². The minimum Gasteiger partial charge on any atom is -0.348 e. The molecule has 2 aromatic rings. The van der Waals surface area contributed by atoms with Gasteiger partial charge in [-0.2, -0.15) is 0 Å². The molecule has 0 fully saturated rings. The van der Waals surface area contributed by atoms with Crippen LogP contribution in [0.2, 0.25) is 0 Å². The lowest BCUT2D eigenvalue weighted by Gasteiger charge is -2.10. The van der Waals surface area contributed by atoms with Crippen LogP contribution in [0, 0.1) is 12.8 Å². The molecule has 1 atom stereocenters. The molecule has 1 aliphatic heterocycles. The van der Waals surface area contributed by atoms with Crippen molar-refractivity contribution in [3.63, 3.8) is 0 Å². The van der Waals surface area contributed by atoms with Gasteiger partial charge in [-0.05, 0) is 61.2 Å². The fourth-order valence-electron chi connectivity index (χ4n) is 3.52. The zero-order chi connectivity index (χ0) is 15.1. The Bertz CT molecular complexity index is 669. The second kappa shape index (κ2) is 5.47. The first kappa shape index (κ1) is 14.6. The van der Waals surface area contributed by atoms with Gasteiger partial charge in [-0.25, -0.2) is 0 Å². The summed E-state index contributed by atoms with van der Waals surface area (Å²) in [6, 6.07) is 4.84.